The van der Waals surface area contributed by atoms with Crippen molar-refractivity contribution in [3.05, 3.63) is 70.8 Å². The topological polar surface area (TPSA) is 0 Å². The molecule has 26 heavy (non-hydrogen) atoms. The molecule has 3 fully saturated rings. The van der Waals surface area contributed by atoms with Crippen LogP contribution in [0.5, 0.6) is 0 Å². The minimum Gasteiger partial charge on any atom is -0.0591 e. The lowest BCUT2D eigenvalue weighted by Gasteiger charge is -2.23. The predicted octanol–water partition coefficient (Wildman–Crippen LogP) is 7.44. The van der Waals surface area contributed by atoms with Gasteiger partial charge in [0.2, 0.25) is 0 Å². The molecular weight excluding hydrogens is 312 g/mol. The molecule has 140 valence electrons. The van der Waals surface area contributed by atoms with E-state index < -0.39 is 0 Å². The summed E-state index contributed by atoms with van der Waals surface area (Å²) in [4.78, 5) is 0. The Morgan fingerprint density at radius 3 is 1.12 bits per heavy atom. The fourth-order valence-corrected chi connectivity index (χ4v) is 5.29. The van der Waals surface area contributed by atoms with Crippen molar-refractivity contribution in [3.63, 3.8) is 0 Å². The third-order valence-corrected chi connectivity index (χ3v) is 6.79. The van der Waals surface area contributed by atoms with Gasteiger partial charge in [-0.1, -0.05) is 77.2 Å². The second kappa shape index (κ2) is 8.89. The molecule has 0 radical (unpaired) electrons. The molecule has 0 aliphatic heterocycles. The Bertz CT molecular complexity index is 563. The third-order valence-electron chi connectivity index (χ3n) is 6.79. The van der Waals surface area contributed by atoms with E-state index in [9.17, 15) is 0 Å². The first-order valence-electron chi connectivity index (χ1n) is 10.6. The van der Waals surface area contributed by atoms with Crippen molar-refractivity contribution < 1.29 is 0 Å². The van der Waals surface area contributed by atoms with Crippen LogP contribution >= 0.6 is 0 Å². The van der Waals surface area contributed by atoms with Crippen LogP contribution in [0.15, 0.2) is 48.5 Å². The summed E-state index contributed by atoms with van der Waals surface area (Å²) in [5.41, 5.74) is 5.32. The summed E-state index contributed by atoms with van der Waals surface area (Å²) in [7, 11) is 0. The molecule has 0 heterocycles. The van der Waals surface area contributed by atoms with Crippen molar-refractivity contribution in [1.29, 1.82) is 0 Å². The number of fused-ring (bicyclic) bond motifs is 5. The summed E-state index contributed by atoms with van der Waals surface area (Å²) in [6.07, 6.45) is 9.53. The number of benzene rings is 2. The van der Waals surface area contributed by atoms with E-state index in [-0.39, 0.29) is 0 Å². The molecule has 0 amide bonds. The summed E-state index contributed by atoms with van der Waals surface area (Å²) in [6, 6.07) is 17.0. The number of rotatable bonds is 0. The van der Waals surface area contributed by atoms with E-state index in [0.717, 1.165) is 0 Å². The summed E-state index contributed by atoms with van der Waals surface area (Å²) in [5, 5.41) is 0. The Balaban J connectivity index is 0.000000115. The maximum absolute atomic E-state index is 2.12. The Labute approximate surface area is 161 Å². The first kappa shape index (κ1) is 19.2. The van der Waals surface area contributed by atoms with Gasteiger partial charge in [-0.25, -0.2) is 0 Å². The second-order valence-electron chi connectivity index (χ2n) is 8.90. The molecule has 5 rings (SSSR count). The van der Waals surface area contributed by atoms with Crippen LogP contribution in [0.25, 0.3) is 0 Å². The van der Waals surface area contributed by atoms with Crippen molar-refractivity contribution in [2.45, 2.75) is 66.2 Å². The van der Waals surface area contributed by atoms with Crippen molar-refractivity contribution in [2.24, 2.45) is 23.7 Å². The molecule has 4 unspecified atom stereocenters. The molecule has 0 aromatic heterocycles. The lowest BCUT2D eigenvalue weighted by Crippen LogP contribution is -2.15. The van der Waals surface area contributed by atoms with Crippen LogP contribution in [-0.4, -0.2) is 0 Å². The van der Waals surface area contributed by atoms with Gasteiger partial charge in [-0.2, -0.15) is 0 Å². The van der Waals surface area contributed by atoms with Gasteiger partial charge in [-0.15, -0.1) is 0 Å². The molecule has 3 aliphatic carbocycles. The van der Waals surface area contributed by atoms with Crippen LogP contribution in [0.2, 0.25) is 0 Å². The zero-order chi connectivity index (χ0) is 18.5. The number of hydrogen-bond donors (Lipinski definition) is 0. The van der Waals surface area contributed by atoms with Crippen LogP contribution in [0.4, 0.5) is 0 Å². The van der Waals surface area contributed by atoms with Gasteiger partial charge in [0.25, 0.3) is 0 Å². The SMILES string of the molecule is C1CC2C3CCC(C3)C2C1.Cc1ccc(C)cc1.Cc1ccc(C)cc1. The highest BCUT2D eigenvalue weighted by Gasteiger charge is 2.48. The van der Waals surface area contributed by atoms with Crippen LogP contribution in [0.3, 0.4) is 0 Å². The summed E-state index contributed by atoms with van der Waals surface area (Å²) >= 11 is 0. The first-order valence-corrected chi connectivity index (χ1v) is 10.6. The van der Waals surface area contributed by atoms with Crippen LogP contribution in [-0.2, 0) is 0 Å². The standard InChI is InChI=1S/C10H16.2C8H10/c1-2-9-7-4-5-8(6-7)10(9)3-1;2*1-7-3-5-8(2)6-4-7/h7-10H,1-6H2;2*3-6H,1-2H3. The fraction of sp³-hybridized carbons (Fsp3) is 0.538. The van der Waals surface area contributed by atoms with Crippen molar-refractivity contribution in [2.75, 3.05) is 0 Å². The molecule has 3 aliphatic rings. The Kier molecular flexibility index (Phi) is 6.57. The van der Waals surface area contributed by atoms with Gasteiger partial charge in [-0.3, -0.25) is 0 Å². The van der Waals surface area contributed by atoms with Gasteiger partial charge in [-0.05, 0) is 83.5 Å². The maximum atomic E-state index is 2.12. The maximum Gasteiger partial charge on any atom is -0.0355 e. The van der Waals surface area contributed by atoms with E-state index >= 15 is 0 Å². The molecule has 2 bridgehead atoms. The van der Waals surface area contributed by atoms with Gasteiger partial charge in [0, 0.05) is 0 Å². The number of hydrogen-bond acceptors (Lipinski definition) is 0. The molecule has 0 N–H and O–H groups in total. The quantitative estimate of drug-likeness (QED) is 0.464. The minimum absolute atomic E-state index is 1.19. The van der Waals surface area contributed by atoms with E-state index in [0.29, 0.717) is 0 Å². The normalized spacial score (nSPS) is 27.8. The Morgan fingerprint density at radius 1 is 0.500 bits per heavy atom. The lowest BCUT2D eigenvalue weighted by atomic mass is 9.82. The highest BCUT2D eigenvalue weighted by molar-refractivity contribution is 5.20. The summed E-state index contributed by atoms with van der Waals surface area (Å²) in [6.45, 7) is 8.39. The van der Waals surface area contributed by atoms with E-state index in [1.165, 1.54) is 45.9 Å². The van der Waals surface area contributed by atoms with Gasteiger partial charge >= 0.3 is 0 Å². The molecular formula is C26H36. The fourth-order valence-electron chi connectivity index (χ4n) is 5.29. The van der Waals surface area contributed by atoms with Crippen LogP contribution in [0, 0.1) is 51.4 Å². The summed E-state index contributed by atoms with van der Waals surface area (Å²) < 4.78 is 0. The third kappa shape index (κ3) is 5.00. The van der Waals surface area contributed by atoms with Gasteiger partial charge < -0.3 is 0 Å². The molecule has 0 nitrogen and oxygen atoms in total. The monoisotopic (exact) mass is 348 g/mol. The minimum atomic E-state index is 1.19. The van der Waals surface area contributed by atoms with Crippen molar-refractivity contribution in [1.82, 2.24) is 0 Å². The molecule has 4 atom stereocenters. The van der Waals surface area contributed by atoms with E-state index in [2.05, 4.69) is 76.2 Å². The largest absolute Gasteiger partial charge is 0.0591 e. The van der Waals surface area contributed by atoms with Gasteiger partial charge in [0.15, 0.2) is 0 Å². The zero-order valence-electron chi connectivity index (χ0n) is 17.2. The molecule has 2 aromatic rings. The van der Waals surface area contributed by atoms with Crippen molar-refractivity contribution in [3.8, 4) is 0 Å². The lowest BCUT2D eigenvalue weighted by molar-refractivity contribution is 0.259. The molecule has 0 saturated heterocycles. The molecule has 2 aromatic carbocycles. The molecule has 0 spiro atoms. The average molecular weight is 349 g/mol. The Hall–Kier alpha value is -1.56. The zero-order valence-corrected chi connectivity index (χ0v) is 17.2. The highest BCUT2D eigenvalue weighted by atomic mass is 14.5. The first-order chi connectivity index (χ1) is 12.5. The predicted molar refractivity (Wildman–Crippen MR) is 113 cm³/mol. The Morgan fingerprint density at radius 2 is 0.808 bits per heavy atom. The molecule has 3 saturated carbocycles. The van der Waals surface area contributed by atoms with Crippen LogP contribution in [0.1, 0.15) is 60.8 Å². The van der Waals surface area contributed by atoms with E-state index in [1.807, 2.05) is 0 Å². The average Bonchev–Trinajstić information content (AvgIpc) is 3.35. The van der Waals surface area contributed by atoms with Gasteiger partial charge in [0.05, 0.1) is 0 Å². The van der Waals surface area contributed by atoms with E-state index in [4.69, 9.17) is 0 Å². The highest BCUT2D eigenvalue weighted by Crippen LogP contribution is 2.58. The molecule has 0 heteroatoms. The van der Waals surface area contributed by atoms with Crippen LogP contribution < -0.4 is 0 Å². The van der Waals surface area contributed by atoms with Crippen molar-refractivity contribution >= 4 is 0 Å². The summed E-state index contributed by atoms with van der Waals surface area (Å²) in [5.74, 6) is 4.80. The number of aryl methyl sites for hydroxylation is 4. The van der Waals surface area contributed by atoms with E-state index in [1.54, 1.807) is 38.5 Å². The van der Waals surface area contributed by atoms with Gasteiger partial charge in [0.1, 0.15) is 0 Å². The second-order valence-corrected chi connectivity index (χ2v) is 8.90. The smallest absolute Gasteiger partial charge is 0.0355 e.